The van der Waals surface area contributed by atoms with Crippen LogP contribution in [-0.2, 0) is 12.8 Å². The van der Waals surface area contributed by atoms with Gasteiger partial charge in [-0.2, -0.15) is 0 Å². The number of aryl methyl sites for hydroxylation is 1. The molecular weight excluding hydrogens is 416 g/mol. The number of aliphatic hydroxyl groups excluding tert-OH is 2. The van der Waals surface area contributed by atoms with Gasteiger partial charge in [0.25, 0.3) is 0 Å². The fraction of sp³-hybridized carbons (Fsp3) is 0.318. The van der Waals surface area contributed by atoms with E-state index in [1.807, 2.05) is 29.2 Å². The zero-order chi connectivity index (χ0) is 21.7. The van der Waals surface area contributed by atoms with Gasteiger partial charge in [0.2, 0.25) is 0 Å². The number of benzene rings is 1. The number of pyridine rings is 1. The molecule has 2 aliphatic rings. The van der Waals surface area contributed by atoms with Crippen LogP contribution in [0.4, 0.5) is 17.5 Å². The van der Waals surface area contributed by atoms with Crippen molar-refractivity contribution < 1.29 is 10.2 Å². The molecule has 3 unspecified atom stereocenters. The van der Waals surface area contributed by atoms with E-state index in [1.165, 1.54) is 6.33 Å². The molecule has 9 heteroatoms. The highest BCUT2D eigenvalue weighted by atomic mass is 35.5. The number of fused-ring (bicyclic) bond motifs is 2. The third-order valence-corrected chi connectivity index (χ3v) is 6.50. The van der Waals surface area contributed by atoms with Crippen molar-refractivity contribution in [2.24, 2.45) is 0 Å². The van der Waals surface area contributed by atoms with Crippen molar-refractivity contribution >= 4 is 40.0 Å². The maximum atomic E-state index is 10.7. The summed E-state index contributed by atoms with van der Waals surface area (Å²) in [6.07, 6.45) is 3.60. The van der Waals surface area contributed by atoms with E-state index in [2.05, 4.69) is 15.0 Å². The number of nitrogens with zero attached hydrogens (tertiary/aromatic N) is 4. The Hall–Kier alpha value is -2.94. The minimum absolute atomic E-state index is 0.307. The second-order valence-corrected chi connectivity index (χ2v) is 8.46. The van der Waals surface area contributed by atoms with Crippen molar-refractivity contribution in [3.05, 3.63) is 58.4 Å². The zero-order valence-corrected chi connectivity index (χ0v) is 17.5. The van der Waals surface area contributed by atoms with Crippen molar-refractivity contribution in [3.63, 3.8) is 0 Å². The van der Waals surface area contributed by atoms with E-state index in [0.29, 0.717) is 36.0 Å². The highest BCUT2D eigenvalue weighted by Gasteiger charge is 2.40. The number of hydrogen-bond donors (Lipinski definition) is 4. The van der Waals surface area contributed by atoms with Crippen molar-refractivity contribution in [1.82, 2.24) is 15.0 Å². The standard InChI is InChI=1S/C22H23ClN6O2/c23-15-8-12-3-1-11(7-16(12)28-21(15)25)2-4-13-9-17(19(31)18(13)30)29-6-5-14-20(24)26-10-27-22(14)29/h1,3,7-10,17-19,30-31H,2,4-6H2,(H2,25,28)(H2,24,26,27). The predicted molar refractivity (Wildman–Crippen MR) is 121 cm³/mol. The van der Waals surface area contributed by atoms with Gasteiger partial charge in [0.15, 0.2) is 0 Å². The normalized spacial score (nSPS) is 22.7. The van der Waals surface area contributed by atoms with E-state index in [-0.39, 0.29) is 6.04 Å². The van der Waals surface area contributed by atoms with Crippen LogP contribution in [0.3, 0.4) is 0 Å². The molecule has 8 nitrogen and oxygen atoms in total. The van der Waals surface area contributed by atoms with Gasteiger partial charge in [0.1, 0.15) is 36.0 Å². The molecule has 0 saturated heterocycles. The van der Waals surface area contributed by atoms with Gasteiger partial charge in [0, 0.05) is 17.5 Å². The van der Waals surface area contributed by atoms with Crippen molar-refractivity contribution in [3.8, 4) is 0 Å². The Bertz CT molecular complexity index is 1200. The van der Waals surface area contributed by atoms with E-state index in [9.17, 15) is 10.2 Å². The number of anilines is 3. The average Bonchev–Trinajstić information content (AvgIpc) is 3.30. The molecular formula is C22H23ClN6O2. The summed E-state index contributed by atoms with van der Waals surface area (Å²) in [5.74, 6) is 1.51. The summed E-state index contributed by atoms with van der Waals surface area (Å²) >= 11 is 6.05. The first-order valence-electron chi connectivity index (χ1n) is 10.2. The molecule has 0 saturated carbocycles. The van der Waals surface area contributed by atoms with E-state index in [4.69, 9.17) is 23.1 Å². The maximum absolute atomic E-state index is 10.7. The summed E-state index contributed by atoms with van der Waals surface area (Å²) in [5.41, 5.74) is 15.4. The molecule has 0 fully saturated rings. The van der Waals surface area contributed by atoms with Crippen LogP contribution in [0.1, 0.15) is 17.5 Å². The lowest BCUT2D eigenvalue weighted by Crippen LogP contribution is -2.43. The van der Waals surface area contributed by atoms with Gasteiger partial charge < -0.3 is 26.6 Å². The monoisotopic (exact) mass is 438 g/mol. The largest absolute Gasteiger partial charge is 0.388 e. The average molecular weight is 439 g/mol. The SMILES string of the molecule is Nc1nc2cc(CCC3=CC(N4CCc5c(N)ncnc54)C(O)C3O)ccc2cc1Cl. The van der Waals surface area contributed by atoms with Crippen LogP contribution < -0.4 is 16.4 Å². The van der Waals surface area contributed by atoms with Gasteiger partial charge in [-0.05, 0) is 42.5 Å². The third kappa shape index (κ3) is 3.46. The Morgan fingerprint density at radius 3 is 2.77 bits per heavy atom. The summed E-state index contributed by atoms with van der Waals surface area (Å²) in [6, 6.07) is 7.42. The molecule has 5 rings (SSSR count). The Labute approximate surface area is 184 Å². The molecule has 0 amide bonds. The molecule has 1 aromatic carbocycles. The quantitative estimate of drug-likeness (QED) is 0.453. The zero-order valence-electron chi connectivity index (χ0n) is 16.7. The molecule has 1 aliphatic carbocycles. The molecule has 2 aromatic heterocycles. The highest BCUT2D eigenvalue weighted by molar-refractivity contribution is 6.33. The van der Waals surface area contributed by atoms with Gasteiger partial charge in [-0.1, -0.05) is 29.8 Å². The van der Waals surface area contributed by atoms with E-state index in [1.54, 1.807) is 6.07 Å². The lowest BCUT2D eigenvalue weighted by molar-refractivity contribution is 0.0436. The molecule has 3 atom stereocenters. The molecule has 160 valence electrons. The fourth-order valence-corrected chi connectivity index (χ4v) is 4.67. The number of halogens is 1. The minimum Gasteiger partial charge on any atom is -0.388 e. The van der Waals surface area contributed by atoms with E-state index in [0.717, 1.165) is 39.8 Å². The third-order valence-electron chi connectivity index (χ3n) is 6.19. The van der Waals surface area contributed by atoms with Crippen LogP contribution in [0.25, 0.3) is 10.9 Å². The predicted octanol–water partition coefficient (Wildman–Crippen LogP) is 1.87. The molecule has 0 spiro atoms. The molecule has 1 aliphatic heterocycles. The summed E-state index contributed by atoms with van der Waals surface area (Å²) in [6.45, 7) is 0.677. The topological polar surface area (TPSA) is 134 Å². The molecule has 0 radical (unpaired) electrons. The van der Waals surface area contributed by atoms with E-state index < -0.39 is 12.2 Å². The maximum Gasteiger partial charge on any atom is 0.142 e. The van der Waals surface area contributed by atoms with Gasteiger partial charge in [0.05, 0.1) is 16.6 Å². The van der Waals surface area contributed by atoms with Gasteiger partial charge in [-0.25, -0.2) is 15.0 Å². The molecule has 3 aromatic rings. The number of aliphatic hydroxyl groups is 2. The Kier molecular flexibility index (Phi) is 4.92. The summed E-state index contributed by atoms with van der Waals surface area (Å²) in [4.78, 5) is 14.7. The molecule has 0 bridgehead atoms. The first-order valence-corrected chi connectivity index (χ1v) is 10.6. The minimum atomic E-state index is -0.919. The van der Waals surface area contributed by atoms with Crippen molar-refractivity contribution in [2.75, 3.05) is 22.9 Å². The van der Waals surface area contributed by atoms with Crippen LogP contribution in [0.2, 0.25) is 5.02 Å². The summed E-state index contributed by atoms with van der Waals surface area (Å²) in [5, 5.41) is 22.7. The second kappa shape index (κ2) is 7.64. The number of nitrogens with two attached hydrogens (primary N) is 2. The Balaban J connectivity index is 1.35. The van der Waals surface area contributed by atoms with Gasteiger partial charge in [-0.3, -0.25) is 0 Å². The summed E-state index contributed by atoms with van der Waals surface area (Å²) < 4.78 is 0. The molecule has 6 N–H and O–H groups in total. The van der Waals surface area contributed by atoms with Crippen LogP contribution in [0, 0.1) is 0 Å². The van der Waals surface area contributed by atoms with Crippen LogP contribution in [-0.4, -0.2) is 50.0 Å². The van der Waals surface area contributed by atoms with Gasteiger partial charge in [-0.15, -0.1) is 0 Å². The number of aromatic nitrogens is 3. The molecule has 31 heavy (non-hydrogen) atoms. The lowest BCUT2D eigenvalue weighted by atomic mass is 10.0. The fourth-order valence-electron chi connectivity index (χ4n) is 4.51. The highest BCUT2D eigenvalue weighted by Crippen LogP contribution is 2.36. The number of nitrogen functional groups attached to an aromatic ring is 2. The summed E-state index contributed by atoms with van der Waals surface area (Å²) in [7, 11) is 0. The Morgan fingerprint density at radius 1 is 1.10 bits per heavy atom. The number of rotatable bonds is 4. The van der Waals surface area contributed by atoms with Crippen LogP contribution in [0.15, 0.2) is 42.2 Å². The van der Waals surface area contributed by atoms with Crippen LogP contribution >= 0.6 is 11.6 Å². The first kappa shape index (κ1) is 20.0. The number of hydrogen-bond acceptors (Lipinski definition) is 8. The van der Waals surface area contributed by atoms with E-state index >= 15 is 0 Å². The smallest absolute Gasteiger partial charge is 0.142 e. The first-order chi connectivity index (χ1) is 14.9. The van der Waals surface area contributed by atoms with Crippen LogP contribution in [0.5, 0.6) is 0 Å². The second-order valence-electron chi connectivity index (χ2n) is 8.05. The van der Waals surface area contributed by atoms with Crippen molar-refractivity contribution in [1.29, 1.82) is 0 Å². The lowest BCUT2D eigenvalue weighted by Gasteiger charge is -2.28. The van der Waals surface area contributed by atoms with Gasteiger partial charge >= 0.3 is 0 Å². The molecule has 3 heterocycles. The van der Waals surface area contributed by atoms with Crippen molar-refractivity contribution in [2.45, 2.75) is 37.5 Å². The Morgan fingerprint density at radius 2 is 1.94 bits per heavy atom.